The van der Waals surface area contributed by atoms with Crippen LogP contribution in [-0.4, -0.2) is 11.2 Å². The summed E-state index contributed by atoms with van der Waals surface area (Å²) in [6.07, 6.45) is 9.54. The lowest BCUT2D eigenvalue weighted by Gasteiger charge is -2.23. The summed E-state index contributed by atoms with van der Waals surface area (Å²) >= 11 is 1.85. The average molecular weight is 236 g/mol. The smallest absolute Gasteiger partial charge is 0.0619 e. The molecule has 0 saturated carbocycles. The molecule has 2 atom stereocenters. The van der Waals surface area contributed by atoms with Crippen LogP contribution in [0.1, 0.15) is 35.9 Å². The van der Waals surface area contributed by atoms with Gasteiger partial charge in [-0.3, -0.25) is 0 Å². The van der Waals surface area contributed by atoms with Gasteiger partial charge >= 0.3 is 0 Å². The SMILES string of the molecule is CCc1ccc(CC(O)C2CC=CCC2)s1. The second kappa shape index (κ2) is 5.65. The summed E-state index contributed by atoms with van der Waals surface area (Å²) < 4.78 is 0. The van der Waals surface area contributed by atoms with E-state index in [9.17, 15) is 5.11 Å². The molecule has 88 valence electrons. The van der Waals surface area contributed by atoms with E-state index in [-0.39, 0.29) is 6.10 Å². The van der Waals surface area contributed by atoms with E-state index >= 15 is 0 Å². The number of hydrogen-bond acceptors (Lipinski definition) is 2. The van der Waals surface area contributed by atoms with Crippen molar-refractivity contribution in [1.82, 2.24) is 0 Å². The fourth-order valence-electron chi connectivity index (χ4n) is 2.26. The summed E-state index contributed by atoms with van der Waals surface area (Å²) in [5, 5.41) is 10.2. The third-order valence-corrected chi connectivity index (χ3v) is 4.58. The van der Waals surface area contributed by atoms with E-state index in [1.807, 2.05) is 11.3 Å². The molecule has 1 heterocycles. The van der Waals surface area contributed by atoms with Crippen molar-refractivity contribution >= 4 is 11.3 Å². The molecule has 0 aromatic carbocycles. The fraction of sp³-hybridized carbons (Fsp3) is 0.571. The lowest BCUT2D eigenvalue weighted by atomic mass is 9.88. The molecule has 1 aliphatic rings. The zero-order chi connectivity index (χ0) is 11.4. The third kappa shape index (κ3) is 2.96. The Morgan fingerprint density at radius 3 is 2.81 bits per heavy atom. The Morgan fingerprint density at radius 1 is 1.38 bits per heavy atom. The maximum absolute atomic E-state index is 10.2. The topological polar surface area (TPSA) is 20.2 Å². The van der Waals surface area contributed by atoms with Crippen molar-refractivity contribution in [3.05, 3.63) is 34.0 Å². The van der Waals surface area contributed by atoms with E-state index in [1.165, 1.54) is 9.75 Å². The standard InChI is InChI=1S/C14H20OS/c1-2-12-8-9-13(16-12)10-14(15)11-6-4-3-5-7-11/h3-4,8-9,11,14-15H,2,5-7,10H2,1H3. The van der Waals surface area contributed by atoms with Gasteiger partial charge in [-0.15, -0.1) is 11.3 Å². The molecule has 0 spiro atoms. The summed E-state index contributed by atoms with van der Waals surface area (Å²) in [5.41, 5.74) is 0. The number of rotatable bonds is 4. The van der Waals surface area contributed by atoms with Gasteiger partial charge < -0.3 is 5.11 Å². The Morgan fingerprint density at radius 2 is 2.19 bits per heavy atom. The van der Waals surface area contributed by atoms with Crippen molar-refractivity contribution in [3.63, 3.8) is 0 Å². The summed E-state index contributed by atoms with van der Waals surface area (Å²) in [4.78, 5) is 2.75. The molecule has 1 aromatic rings. The van der Waals surface area contributed by atoms with Crippen LogP contribution in [-0.2, 0) is 12.8 Å². The number of aryl methyl sites for hydroxylation is 1. The highest BCUT2D eigenvalue weighted by Gasteiger charge is 2.20. The number of hydrogen-bond donors (Lipinski definition) is 1. The summed E-state index contributed by atoms with van der Waals surface area (Å²) in [6.45, 7) is 2.18. The maximum atomic E-state index is 10.2. The number of aliphatic hydroxyl groups excluding tert-OH is 1. The van der Waals surface area contributed by atoms with Crippen LogP contribution in [0.2, 0.25) is 0 Å². The molecular weight excluding hydrogens is 216 g/mol. The largest absolute Gasteiger partial charge is 0.392 e. The minimum Gasteiger partial charge on any atom is -0.392 e. The van der Waals surface area contributed by atoms with E-state index in [0.29, 0.717) is 5.92 Å². The van der Waals surface area contributed by atoms with Crippen molar-refractivity contribution in [2.75, 3.05) is 0 Å². The van der Waals surface area contributed by atoms with E-state index in [2.05, 4.69) is 31.2 Å². The van der Waals surface area contributed by atoms with E-state index in [0.717, 1.165) is 32.1 Å². The maximum Gasteiger partial charge on any atom is 0.0619 e. The van der Waals surface area contributed by atoms with Gasteiger partial charge in [-0.05, 0) is 43.7 Å². The number of thiophene rings is 1. The van der Waals surface area contributed by atoms with Gasteiger partial charge in [-0.2, -0.15) is 0 Å². The first kappa shape index (κ1) is 11.9. The molecule has 1 N–H and O–H groups in total. The Kier molecular flexibility index (Phi) is 4.19. The Bertz CT molecular complexity index is 353. The predicted octanol–water partition coefficient (Wildman–Crippen LogP) is 3.57. The van der Waals surface area contributed by atoms with E-state index in [1.54, 1.807) is 0 Å². The fourth-order valence-corrected chi connectivity index (χ4v) is 3.27. The molecule has 0 bridgehead atoms. The Labute approximate surface area is 102 Å². The van der Waals surface area contributed by atoms with Crippen LogP contribution >= 0.6 is 11.3 Å². The third-order valence-electron chi connectivity index (χ3n) is 3.33. The van der Waals surface area contributed by atoms with Crippen LogP contribution in [0.3, 0.4) is 0 Å². The van der Waals surface area contributed by atoms with Gasteiger partial charge in [0, 0.05) is 16.2 Å². The summed E-state index contributed by atoms with van der Waals surface area (Å²) in [6, 6.07) is 4.36. The predicted molar refractivity (Wildman–Crippen MR) is 69.9 cm³/mol. The van der Waals surface area contributed by atoms with Crippen molar-refractivity contribution < 1.29 is 5.11 Å². The van der Waals surface area contributed by atoms with Crippen LogP contribution in [0.5, 0.6) is 0 Å². The quantitative estimate of drug-likeness (QED) is 0.792. The highest BCUT2D eigenvalue weighted by Crippen LogP contribution is 2.26. The first-order valence-corrected chi connectivity index (χ1v) is 7.02. The summed E-state index contributed by atoms with van der Waals surface area (Å²) in [7, 11) is 0. The zero-order valence-electron chi connectivity index (χ0n) is 9.86. The second-order valence-corrected chi connectivity index (χ2v) is 5.79. The minimum absolute atomic E-state index is 0.159. The molecule has 0 amide bonds. The van der Waals surface area contributed by atoms with Crippen LogP contribution < -0.4 is 0 Å². The molecule has 0 fully saturated rings. The van der Waals surface area contributed by atoms with Gasteiger partial charge in [0.05, 0.1) is 6.10 Å². The van der Waals surface area contributed by atoms with Crippen LogP contribution in [0.25, 0.3) is 0 Å². The molecular formula is C14H20OS. The first-order chi connectivity index (χ1) is 7.79. The van der Waals surface area contributed by atoms with Crippen LogP contribution in [0.4, 0.5) is 0 Å². The number of aliphatic hydroxyl groups is 1. The highest BCUT2D eigenvalue weighted by atomic mass is 32.1. The molecule has 2 rings (SSSR count). The lowest BCUT2D eigenvalue weighted by Crippen LogP contribution is -2.23. The van der Waals surface area contributed by atoms with Gasteiger partial charge in [0.1, 0.15) is 0 Å². The van der Waals surface area contributed by atoms with Crippen molar-refractivity contribution in [3.8, 4) is 0 Å². The normalized spacial score (nSPS) is 22.2. The molecule has 2 heteroatoms. The highest BCUT2D eigenvalue weighted by molar-refractivity contribution is 7.11. The van der Waals surface area contributed by atoms with Gasteiger partial charge in [-0.25, -0.2) is 0 Å². The molecule has 0 saturated heterocycles. The molecule has 16 heavy (non-hydrogen) atoms. The van der Waals surface area contributed by atoms with Crippen LogP contribution in [0, 0.1) is 5.92 Å². The molecule has 1 aliphatic carbocycles. The summed E-state index contributed by atoms with van der Waals surface area (Å²) in [5.74, 6) is 0.470. The van der Waals surface area contributed by atoms with Crippen molar-refractivity contribution in [1.29, 1.82) is 0 Å². The molecule has 0 aliphatic heterocycles. The van der Waals surface area contributed by atoms with Gasteiger partial charge in [0.15, 0.2) is 0 Å². The van der Waals surface area contributed by atoms with E-state index < -0.39 is 0 Å². The van der Waals surface area contributed by atoms with Crippen molar-refractivity contribution in [2.24, 2.45) is 5.92 Å². The van der Waals surface area contributed by atoms with Crippen molar-refractivity contribution in [2.45, 2.75) is 45.1 Å². The monoisotopic (exact) mass is 236 g/mol. The molecule has 1 nitrogen and oxygen atoms in total. The Hall–Kier alpha value is -0.600. The second-order valence-electron chi connectivity index (χ2n) is 4.54. The minimum atomic E-state index is -0.159. The zero-order valence-corrected chi connectivity index (χ0v) is 10.7. The number of allylic oxidation sites excluding steroid dienone is 2. The van der Waals surface area contributed by atoms with Gasteiger partial charge in [0.2, 0.25) is 0 Å². The molecule has 2 unspecified atom stereocenters. The first-order valence-electron chi connectivity index (χ1n) is 6.20. The average Bonchev–Trinajstić information content (AvgIpc) is 2.78. The lowest BCUT2D eigenvalue weighted by molar-refractivity contribution is 0.103. The van der Waals surface area contributed by atoms with Gasteiger partial charge in [-0.1, -0.05) is 19.1 Å². The molecule has 0 radical (unpaired) electrons. The van der Waals surface area contributed by atoms with Gasteiger partial charge in [0.25, 0.3) is 0 Å². The van der Waals surface area contributed by atoms with E-state index in [4.69, 9.17) is 0 Å². The van der Waals surface area contributed by atoms with Crippen LogP contribution in [0.15, 0.2) is 24.3 Å². The molecule has 1 aromatic heterocycles. The Balaban J connectivity index is 1.90.